The van der Waals surface area contributed by atoms with E-state index in [1.165, 1.54) is 17.7 Å². The minimum Gasteiger partial charge on any atom is -0.478 e. The summed E-state index contributed by atoms with van der Waals surface area (Å²) in [5.41, 5.74) is 2.80. The standard InChI is InChI=1S/C19H19NO5S/c1-26(24,25)17-10-15(19(22)23)9-16(11-17)20-18(21)14-7-6-12-4-2-3-5-13(12)8-14/h6-11H,2-5H2,1H3,(H,20,21)(H,22,23). The van der Waals surface area contributed by atoms with Crippen molar-refractivity contribution in [2.75, 3.05) is 11.6 Å². The summed E-state index contributed by atoms with van der Waals surface area (Å²) in [6, 6.07) is 9.11. The lowest BCUT2D eigenvalue weighted by Gasteiger charge is -2.16. The minimum absolute atomic E-state index is 0.132. The monoisotopic (exact) mass is 373 g/mol. The third-order valence-electron chi connectivity index (χ3n) is 4.45. The van der Waals surface area contributed by atoms with Crippen molar-refractivity contribution in [1.29, 1.82) is 0 Å². The maximum Gasteiger partial charge on any atom is 0.335 e. The molecule has 1 amide bonds. The zero-order chi connectivity index (χ0) is 18.9. The second kappa shape index (κ2) is 6.92. The molecule has 0 saturated carbocycles. The zero-order valence-corrected chi connectivity index (χ0v) is 15.1. The Morgan fingerprint density at radius 3 is 2.31 bits per heavy atom. The molecular weight excluding hydrogens is 354 g/mol. The summed E-state index contributed by atoms with van der Waals surface area (Å²) in [5.74, 6) is -1.67. The third-order valence-corrected chi connectivity index (χ3v) is 5.54. The summed E-state index contributed by atoms with van der Waals surface area (Å²) in [6.07, 6.45) is 5.17. The predicted molar refractivity (Wildman–Crippen MR) is 97.5 cm³/mol. The molecule has 0 atom stereocenters. The molecule has 0 aliphatic heterocycles. The van der Waals surface area contributed by atoms with Crippen LogP contribution in [0.2, 0.25) is 0 Å². The predicted octanol–water partition coefficient (Wildman–Crippen LogP) is 2.92. The highest BCUT2D eigenvalue weighted by atomic mass is 32.2. The van der Waals surface area contributed by atoms with Gasteiger partial charge in [-0.2, -0.15) is 0 Å². The summed E-state index contributed by atoms with van der Waals surface area (Å²) < 4.78 is 23.5. The molecule has 136 valence electrons. The van der Waals surface area contributed by atoms with Crippen LogP contribution in [0.3, 0.4) is 0 Å². The van der Waals surface area contributed by atoms with Crippen molar-refractivity contribution in [3.63, 3.8) is 0 Å². The Hall–Kier alpha value is -2.67. The van der Waals surface area contributed by atoms with Gasteiger partial charge in [0.05, 0.1) is 10.5 Å². The first-order valence-electron chi connectivity index (χ1n) is 8.25. The highest BCUT2D eigenvalue weighted by Crippen LogP contribution is 2.24. The number of carboxylic acid groups (broad SMARTS) is 1. The summed E-state index contributed by atoms with van der Waals surface area (Å²) in [7, 11) is -3.61. The second-order valence-electron chi connectivity index (χ2n) is 6.47. The Labute approximate surface area is 151 Å². The number of carbonyl (C=O) groups excluding carboxylic acids is 1. The molecule has 0 heterocycles. The fourth-order valence-electron chi connectivity index (χ4n) is 3.09. The van der Waals surface area contributed by atoms with Crippen LogP contribution >= 0.6 is 0 Å². The molecule has 2 aromatic carbocycles. The van der Waals surface area contributed by atoms with E-state index in [-0.39, 0.29) is 16.1 Å². The topological polar surface area (TPSA) is 101 Å². The number of carboxylic acids is 1. The summed E-state index contributed by atoms with van der Waals surface area (Å²) in [4.78, 5) is 23.6. The van der Waals surface area contributed by atoms with Crippen LogP contribution in [-0.4, -0.2) is 31.7 Å². The van der Waals surface area contributed by atoms with Gasteiger partial charge in [-0.15, -0.1) is 0 Å². The van der Waals surface area contributed by atoms with Crippen molar-refractivity contribution >= 4 is 27.4 Å². The summed E-state index contributed by atoms with van der Waals surface area (Å²) >= 11 is 0. The molecule has 0 unspecified atom stereocenters. The van der Waals surface area contributed by atoms with Crippen LogP contribution in [0.25, 0.3) is 0 Å². The molecule has 0 aromatic heterocycles. The van der Waals surface area contributed by atoms with Gasteiger partial charge < -0.3 is 10.4 Å². The fraction of sp³-hybridized carbons (Fsp3) is 0.263. The first-order chi connectivity index (χ1) is 12.2. The average molecular weight is 373 g/mol. The number of benzene rings is 2. The van der Waals surface area contributed by atoms with Crippen LogP contribution in [0.15, 0.2) is 41.3 Å². The number of aryl methyl sites for hydroxylation is 2. The number of hydrogen-bond acceptors (Lipinski definition) is 4. The van der Waals surface area contributed by atoms with Crippen LogP contribution in [0.5, 0.6) is 0 Å². The molecule has 0 bridgehead atoms. The third kappa shape index (κ3) is 3.94. The molecular formula is C19H19NO5S. The molecule has 0 fully saturated rings. The number of rotatable bonds is 4. The smallest absolute Gasteiger partial charge is 0.335 e. The Balaban J connectivity index is 1.91. The van der Waals surface area contributed by atoms with E-state index in [0.717, 1.165) is 43.6 Å². The van der Waals surface area contributed by atoms with Crippen LogP contribution in [0.1, 0.15) is 44.7 Å². The normalized spacial score (nSPS) is 13.7. The second-order valence-corrected chi connectivity index (χ2v) is 8.48. The Morgan fingerprint density at radius 2 is 1.65 bits per heavy atom. The van der Waals surface area contributed by atoms with E-state index in [9.17, 15) is 23.1 Å². The molecule has 2 aromatic rings. The average Bonchev–Trinajstić information content (AvgIpc) is 2.60. The Kier molecular flexibility index (Phi) is 4.82. The molecule has 6 nitrogen and oxygen atoms in total. The quantitative estimate of drug-likeness (QED) is 0.858. The van der Waals surface area contributed by atoms with E-state index in [4.69, 9.17) is 0 Å². The van der Waals surface area contributed by atoms with Gasteiger partial charge in [-0.1, -0.05) is 6.07 Å². The summed E-state index contributed by atoms with van der Waals surface area (Å²) in [6.45, 7) is 0. The zero-order valence-electron chi connectivity index (χ0n) is 14.3. The molecule has 7 heteroatoms. The van der Waals surface area contributed by atoms with Crippen molar-refractivity contribution in [3.05, 3.63) is 58.7 Å². The molecule has 0 radical (unpaired) electrons. The molecule has 1 aliphatic rings. The van der Waals surface area contributed by atoms with Gasteiger partial charge in [0.2, 0.25) is 0 Å². The van der Waals surface area contributed by atoms with E-state index in [0.29, 0.717) is 5.56 Å². The molecule has 1 aliphatic carbocycles. The molecule has 0 saturated heterocycles. The summed E-state index contributed by atoms with van der Waals surface area (Å²) in [5, 5.41) is 11.8. The first kappa shape index (κ1) is 18.1. The minimum atomic E-state index is -3.61. The first-order valence-corrected chi connectivity index (χ1v) is 10.1. The maximum atomic E-state index is 12.5. The number of carbonyl (C=O) groups is 2. The number of anilines is 1. The van der Waals surface area contributed by atoms with Crippen LogP contribution in [-0.2, 0) is 22.7 Å². The van der Waals surface area contributed by atoms with Gasteiger partial charge in [-0.05, 0) is 67.1 Å². The van der Waals surface area contributed by atoms with E-state index in [1.807, 2.05) is 12.1 Å². The molecule has 26 heavy (non-hydrogen) atoms. The van der Waals surface area contributed by atoms with Gasteiger partial charge >= 0.3 is 5.97 Å². The highest BCUT2D eigenvalue weighted by molar-refractivity contribution is 7.90. The lowest BCUT2D eigenvalue weighted by molar-refractivity contribution is 0.0696. The number of aromatic carboxylic acids is 1. The van der Waals surface area contributed by atoms with Crippen molar-refractivity contribution < 1.29 is 23.1 Å². The van der Waals surface area contributed by atoms with E-state index in [2.05, 4.69) is 5.32 Å². The van der Waals surface area contributed by atoms with Gasteiger partial charge in [0.1, 0.15) is 0 Å². The van der Waals surface area contributed by atoms with Gasteiger partial charge in [0.15, 0.2) is 9.84 Å². The van der Waals surface area contributed by atoms with Gasteiger partial charge in [0, 0.05) is 17.5 Å². The number of fused-ring (bicyclic) bond motifs is 1. The lowest BCUT2D eigenvalue weighted by atomic mass is 9.90. The van der Waals surface area contributed by atoms with Gasteiger partial charge in [-0.3, -0.25) is 4.79 Å². The molecule has 3 rings (SSSR count). The van der Waals surface area contributed by atoms with Crippen LogP contribution in [0.4, 0.5) is 5.69 Å². The largest absolute Gasteiger partial charge is 0.478 e. The van der Waals surface area contributed by atoms with E-state index < -0.39 is 21.7 Å². The van der Waals surface area contributed by atoms with E-state index in [1.54, 1.807) is 6.07 Å². The lowest BCUT2D eigenvalue weighted by Crippen LogP contribution is -2.15. The number of nitrogens with one attached hydrogen (secondary N) is 1. The van der Waals surface area contributed by atoms with Crippen LogP contribution < -0.4 is 5.32 Å². The highest BCUT2D eigenvalue weighted by Gasteiger charge is 2.17. The Morgan fingerprint density at radius 1 is 0.962 bits per heavy atom. The maximum absolute atomic E-state index is 12.5. The Bertz CT molecular complexity index is 995. The van der Waals surface area contributed by atoms with Crippen LogP contribution in [0, 0.1) is 0 Å². The van der Waals surface area contributed by atoms with Gasteiger partial charge in [0.25, 0.3) is 5.91 Å². The van der Waals surface area contributed by atoms with Crippen molar-refractivity contribution in [1.82, 2.24) is 0 Å². The molecule has 0 spiro atoms. The molecule has 2 N–H and O–H groups in total. The van der Waals surface area contributed by atoms with Crippen molar-refractivity contribution in [2.24, 2.45) is 0 Å². The SMILES string of the molecule is CS(=O)(=O)c1cc(NC(=O)c2ccc3c(c2)CCCC3)cc(C(=O)O)c1. The number of amides is 1. The fourth-order valence-corrected chi connectivity index (χ4v) is 3.77. The van der Waals surface area contributed by atoms with E-state index >= 15 is 0 Å². The van der Waals surface area contributed by atoms with Crippen molar-refractivity contribution in [2.45, 2.75) is 30.6 Å². The number of sulfone groups is 1. The van der Waals surface area contributed by atoms with Gasteiger partial charge in [-0.25, -0.2) is 13.2 Å². The van der Waals surface area contributed by atoms with Crippen molar-refractivity contribution in [3.8, 4) is 0 Å². The number of hydrogen-bond donors (Lipinski definition) is 2.